The Morgan fingerprint density at radius 3 is 2.61 bits per heavy atom. The van der Waals surface area contributed by atoms with Gasteiger partial charge in [0.25, 0.3) is 5.91 Å². The quantitative estimate of drug-likeness (QED) is 0.380. The SMILES string of the molecule is O=C(NCCCc1ncc[nH]1)c1ccc2nc(N3CCCOCCC3)c(-c3ccc(F)cc3)nc2c1. The number of fused-ring (bicyclic) bond motifs is 1. The van der Waals surface area contributed by atoms with Crippen LogP contribution >= 0.6 is 0 Å². The first-order valence-corrected chi connectivity index (χ1v) is 12.3. The van der Waals surface area contributed by atoms with E-state index >= 15 is 0 Å². The van der Waals surface area contributed by atoms with Gasteiger partial charge in [0.05, 0.1) is 11.0 Å². The molecule has 9 heteroatoms. The number of aryl methyl sites for hydroxylation is 1. The number of benzene rings is 2. The molecule has 0 saturated carbocycles. The number of aromatic nitrogens is 4. The molecule has 1 amide bonds. The molecule has 0 atom stereocenters. The van der Waals surface area contributed by atoms with E-state index in [-0.39, 0.29) is 11.7 Å². The Morgan fingerprint density at radius 2 is 1.86 bits per heavy atom. The number of H-pyrrole nitrogens is 1. The number of carbonyl (C=O) groups is 1. The fourth-order valence-electron chi connectivity index (χ4n) is 4.34. The lowest BCUT2D eigenvalue weighted by Gasteiger charge is -2.27. The molecule has 0 bridgehead atoms. The lowest BCUT2D eigenvalue weighted by atomic mass is 10.1. The molecule has 0 unspecified atom stereocenters. The zero-order valence-corrected chi connectivity index (χ0v) is 20.0. The van der Waals surface area contributed by atoms with Gasteiger partial charge in [-0.25, -0.2) is 19.3 Å². The van der Waals surface area contributed by atoms with Crippen LogP contribution in [0.4, 0.5) is 10.2 Å². The number of hydrogen-bond acceptors (Lipinski definition) is 6. The predicted octanol–water partition coefficient (Wildman–Crippen LogP) is 4.14. The molecule has 2 aromatic heterocycles. The Morgan fingerprint density at radius 1 is 1.06 bits per heavy atom. The van der Waals surface area contributed by atoms with Gasteiger partial charge in [-0.2, -0.15) is 0 Å². The van der Waals surface area contributed by atoms with Crippen molar-refractivity contribution in [3.63, 3.8) is 0 Å². The van der Waals surface area contributed by atoms with Gasteiger partial charge in [0.2, 0.25) is 0 Å². The molecule has 3 heterocycles. The Labute approximate surface area is 208 Å². The van der Waals surface area contributed by atoms with Crippen molar-refractivity contribution in [3.8, 4) is 11.3 Å². The van der Waals surface area contributed by atoms with Crippen LogP contribution in [0.3, 0.4) is 0 Å². The molecule has 1 saturated heterocycles. The van der Waals surface area contributed by atoms with Gasteiger partial charge in [0.15, 0.2) is 5.82 Å². The van der Waals surface area contributed by atoms with Gasteiger partial charge >= 0.3 is 0 Å². The van der Waals surface area contributed by atoms with Gasteiger partial charge in [-0.3, -0.25) is 4.79 Å². The highest BCUT2D eigenvalue weighted by molar-refractivity contribution is 5.97. The molecular formula is C27H29FN6O2. The molecule has 0 spiro atoms. The van der Waals surface area contributed by atoms with E-state index in [1.807, 2.05) is 6.07 Å². The fraction of sp³-hybridized carbons (Fsp3) is 0.333. The number of hydrogen-bond donors (Lipinski definition) is 2. The average Bonchev–Trinajstić information content (AvgIpc) is 3.39. The maximum Gasteiger partial charge on any atom is 0.251 e. The van der Waals surface area contributed by atoms with Crippen molar-refractivity contribution >= 4 is 22.8 Å². The summed E-state index contributed by atoms with van der Waals surface area (Å²) in [5.41, 5.74) is 3.32. The predicted molar refractivity (Wildman–Crippen MR) is 136 cm³/mol. The minimum Gasteiger partial charge on any atom is -0.381 e. The van der Waals surface area contributed by atoms with Gasteiger partial charge < -0.3 is 19.9 Å². The zero-order valence-electron chi connectivity index (χ0n) is 20.0. The third kappa shape index (κ3) is 5.68. The Bertz CT molecular complexity index is 1300. The topological polar surface area (TPSA) is 96.0 Å². The molecule has 0 aliphatic carbocycles. The van der Waals surface area contributed by atoms with E-state index in [1.54, 1.807) is 36.7 Å². The number of nitrogens with one attached hydrogen (secondary N) is 2. The van der Waals surface area contributed by atoms with E-state index in [4.69, 9.17) is 14.7 Å². The Kier molecular flexibility index (Phi) is 7.47. The second-order valence-corrected chi connectivity index (χ2v) is 8.81. The summed E-state index contributed by atoms with van der Waals surface area (Å²) in [6.07, 6.45) is 6.84. The summed E-state index contributed by atoms with van der Waals surface area (Å²) in [6.45, 7) is 3.56. The lowest BCUT2D eigenvalue weighted by molar-refractivity contribution is 0.0953. The molecule has 0 radical (unpaired) electrons. The van der Waals surface area contributed by atoms with Crippen molar-refractivity contribution in [2.24, 2.45) is 0 Å². The molecule has 1 aliphatic rings. The number of imidazole rings is 1. The van der Waals surface area contributed by atoms with Crippen molar-refractivity contribution in [1.82, 2.24) is 25.3 Å². The van der Waals surface area contributed by atoms with Crippen LogP contribution in [0.2, 0.25) is 0 Å². The summed E-state index contributed by atoms with van der Waals surface area (Å²) in [7, 11) is 0. The van der Waals surface area contributed by atoms with Crippen molar-refractivity contribution in [3.05, 3.63) is 72.1 Å². The van der Waals surface area contributed by atoms with E-state index in [9.17, 15) is 9.18 Å². The number of nitrogens with zero attached hydrogens (tertiary/aromatic N) is 4. The van der Waals surface area contributed by atoms with Gasteiger partial charge in [-0.1, -0.05) is 0 Å². The van der Waals surface area contributed by atoms with Crippen LogP contribution < -0.4 is 10.2 Å². The number of rotatable bonds is 7. The standard InChI is InChI=1S/C27H29FN6O2/c28-21-8-5-19(6-9-21)25-26(34-14-2-16-36-17-3-15-34)33-22-10-7-20(18-23(22)32-25)27(35)31-11-1-4-24-29-12-13-30-24/h5-10,12-13,18H,1-4,11,14-17H2,(H,29,30)(H,31,35). The maximum atomic E-state index is 13.6. The largest absolute Gasteiger partial charge is 0.381 e. The molecule has 2 aromatic carbocycles. The van der Waals surface area contributed by atoms with E-state index in [1.165, 1.54) is 12.1 Å². The van der Waals surface area contributed by atoms with Crippen LogP contribution in [-0.2, 0) is 11.2 Å². The number of aromatic amines is 1. The van der Waals surface area contributed by atoms with Gasteiger partial charge in [0, 0.05) is 62.8 Å². The molecular weight excluding hydrogens is 459 g/mol. The van der Waals surface area contributed by atoms with Crippen LogP contribution in [0.25, 0.3) is 22.3 Å². The molecule has 1 fully saturated rings. The third-order valence-electron chi connectivity index (χ3n) is 6.19. The Hall–Kier alpha value is -3.85. The van der Waals surface area contributed by atoms with Crippen molar-refractivity contribution in [2.45, 2.75) is 25.7 Å². The Balaban J connectivity index is 1.41. The first-order valence-electron chi connectivity index (χ1n) is 12.3. The number of carbonyl (C=O) groups excluding carboxylic acids is 1. The summed E-state index contributed by atoms with van der Waals surface area (Å²) in [4.78, 5) is 32.2. The van der Waals surface area contributed by atoms with Gasteiger partial charge in [-0.05, 0) is 61.7 Å². The lowest BCUT2D eigenvalue weighted by Crippen LogP contribution is -2.31. The van der Waals surface area contributed by atoms with Crippen LogP contribution in [0.1, 0.15) is 35.4 Å². The van der Waals surface area contributed by atoms with Gasteiger partial charge in [0.1, 0.15) is 17.3 Å². The highest BCUT2D eigenvalue weighted by Gasteiger charge is 2.19. The molecule has 8 nitrogen and oxygen atoms in total. The summed E-state index contributed by atoms with van der Waals surface area (Å²) >= 11 is 0. The fourth-order valence-corrected chi connectivity index (χ4v) is 4.34. The van der Waals surface area contributed by atoms with Crippen molar-refractivity contribution in [1.29, 1.82) is 0 Å². The van der Waals surface area contributed by atoms with E-state index in [2.05, 4.69) is 20.2 Å². The minimum absolute atomic E-state index is 0.158. The third-order valence-corrected chi connectivity index (χ3v) is 6.19. The molecule has 5 rings (SSSR count). The van der Waals surface area contributed by atoms with Crippen LogP contribution in [0, 0.1) is 5.82 Å². The zero-order chi connectivity index (χ0) is 24.7. The highest BCUT2D eigenvalue weighted by atomic mass is 19.1. The van der Waals surface area contributed by atoms with Crippen molar-refractivity contribution in [2.75, 3.05) is 37.7 Å². The summed E-state index contributed by atoms with van der Waals surface area (Å²) < 4.78 is 19.2. The summed E-state index contributed by atoms with van der Waals surface area (Å²) in [6, 6.07) is 11.7. The number of ether oxygens (including phenoxy) is 1. The van der Waals surface area contributed by atoms with E-state index in [0.29, 0.717) is 42.0 Å². The van der Waals surface area contributed by atoms with E-state index < -0.39 is 0 Å². The van der Waals surface area contributed by atoms with Crippen LogP contribution in [-0.4, -0.2) is 58.7 Å². The van der Waals surface area contributed by atoms with Crippen molar-refractivity contribution < 1.29 is 13.9 Å². The molecule has 1 aliphatic heterocycles. The average molecular weight is 489 g/mol. The smallest absolute Gasteiger partial charge is 0.251 e. The first kappa shape index (κ1) is 23.9. The highest BCUT2D eigenvalue weighted by Crippen LogP contribution is 2.31. The normalized spacial score (nSPS) is 14.4. The second kappa shape index (κ2) is 11.3. The van der Waals surface area contributed by atoms with Crippen LogP contribution in [0.15, 0.2) is 54.9 Å². The molecule has 36 heavy (non-hydrogen) atoms. The number of anilines is 1. The van der Waals surface area contributed by atoms with E-state index in [0.717, 1.165) is 56.0 Å². The second-order valence-electron chi connectivity index (χ2n) is 8.81. The summed E-state index contributed by atoms with van der Waals surface area (Å²) in [5.74, 6) is 1.21. The summed E-state index contributed by atoms with van der Waals surface area (Å²) in [5, 5.41) is 2.96. The minimum atomic E-state index is -0.302. The maximum absolute atomic E-state index is 13.6. The molecule has 186 valence electrons. The number of halogens is 1. The monoisotopic (exact) mass is 488 g/mol. The van der Waals surface area contributed by atoms with Crippen LogP contribution in [0.5, 0.6) is 0 Å². The molecule has 2 N–H and O–H groups in total. The first-order chi connectivity index (χ1) is 17.7. The molecule has 4 aromatic rings. The number of amides is 1. The van der Waals surface area contributed by atoms with Gasteiger partial charge in [-0.15, -0.1) is 0 Å².